The van der Waals surface area contributed by atoms with Gasteiger partial charge >= 0.3 is 0 Å². The average molecular weight is 455 g/mol. The quantitative estimate of drug-likeness (QED) is 0.386. The molecule has 0 atom stereocenters. The summed E-state index contributed by atoms with van der Waals surface area (Å²) in [5.74, 6) is -0.0292. The molecule has 0 saturated heterocycles. The minimum absolute atomic E-state index is 0.0359. The zero-order chi connectivity index (χ0) is 22.3. The summed E-state index contributed by atoms with van der Waals surface area (Å²) in [4.78, 5) is 24.5. The number of hydrogen-bond acceptors (Lipinski definition) is 6. The molecule has 31 heavy (non-hydrogen) atoms. The van der Waals surface area contributed by atoms with Crippen LogP contribution in [0.3, 0.4) is 0 Å². The minimum Gasteiger partial charge on any atom is -0.355 e. The van der Waals surface area contributed by atoms with Gasteiger partial charge in [-0.2, -0.15) is 0 Å². The van der Waals surface area contributed by atoms with Gasteiger partial charge < -0.3 is 5.32 Å². The van der Waals surface area contributed by atoms with Gasteiger partial charge in [0.15, 0.2) is 4.34 Å². The molecule has 2 aromatic carbocycles. The first kappa shape index (κ1) is 23.0. The van der Waals surface area contributed by atoms with Gasteiger partial charge in [-0.1, -0.05) is 86.3 Å². The molecular formula is C23H26N4O2S2. The predicted molar refractivity (Wildman–Crippen MR) is 127 cm³/mol. The summed E-state index contributed by atoms with van der Waals surface area (Å²) in [5, 5.41) is 14.1. The van der Waals surface area contributed by atoms with Gasteiger partial charge in [-0.05, 0) is 35.1 Å². The zero-order valence-corrected chi connectivity index (χ0v) is 19.5. The zero-order valence-electron chi connectivity index (χ0n) is 17.8. The van der Waals surface area contributed by atoms with Crippen LogP contribution < -0.4 is 10.6 Å². The van der Waals surface area contributed by atoms with Crippen molar-refractivity contribution in [2.75, 3.05) is 17.6 Å². The number of carbonyl (C=O) groups excluding carboxylic acids is 2. The summed E-state index contributed by atoms with van der Waals surface area (Å²) in [5.41, 5.74) is 2.96. The number of amides is 2. The van der Waals surface area contributed by atoms with Gasteiger partial charge in [0.05, 0.1) is 5.75 Å². The Morgan fingerprint density at radius 1 is 1.00 bits per heavy atom. The van der Waals surface area contributed by atoms with Crippen LogP contribution in [-0.2, 0) is 16.6 Å². The van der Waals surface area contributed by atoms with E-state index in [-0.39, 0.29) is 23.0 Å². The largest absolute Gasteiger partial charge is 0.355 e. The Balaban J connectivity index is 1.43. The Kier molecular flexibility index (Phi) is 7.81. The lowest BCUT2D eigenvalue weighted by Gasteiger charge is -2.18. The van der Waals surface area contributed by atoms with Crippen molar-refractivity contribution < 1.29 is 9.59 Å². The van der Waals surface area contributed by atoms with E-state index in [1.807, 2.05) is 54.6 Å². The molecule has 1 heterocycles. The second-order valence-electron chi connectivity index (χ2n) is 8.03. The van der Waals surface area contributed by atoms with Gasteiger partial charge in [-0.15, -0.1) is 10.2 Å². The first-order valence-corrected chi connectivity index (χ1v) is 11.8. The number of carbonyl (C=O) groups is 2. The third-order valence-corrected chi connectivity index (χ3v) is 6.52. The van der Waals surface area contributed by atoms with Gasteiger partial charge in [-0.25, -0.2) is 0 Å². The number of benzene rings is 2. The monoisotopic (exact) mass is 454 g/mol. The van der Waals surface area contributed by atoms with Crippen LogP contribution in [0.1, 0.15) is 42.3 Å². The lowest BCUT2D eigenvalue weighted by molar-refractivity contribution is -0.118. The molecule has 0 radical (unpaired) electrons. The van der Waals surface area contributed by atoms with Gasteiger partial charge in [0, 0.05) is 12.1 Å². The van der Waals surface area contributed by atoms with Gasteiger partial charge in [0.25, 0.3) is 5.91 Å². The molecule has 6 nitrogen and oxygen atoms in total. The molecule has 0 unspecified atom stereocenters. The number of aromatic nitrogens is 2. The topological polar surface area (TPSA) is 84.0 Å². The summed E-state index contributed by atoms with van der Waals surface area (Å²) < 4.78 is 0.636. The number of rotatable bonds is 8. The van der Waals surface area contributed by atoms with E-state index in [4.69, 9.17) is 0 Å². The Morgan fingerprint density at radius 3 is 2.39 bits per heavy atom. The van der Waals surface area contributed by atoms with Crippen molar-refractivity contribution in [3.8, 4) is 0 Å². The van der Waals surface area contributed by atoms with Crippen LogP contribution in [0.2, 0.25) is 0 Å². The van der Waals surface area contributed by atoms with Crippen molar-refractivity contribution in [3.63, 3.8) is 0 Å². The van der Waals surface area contributed by atoms with E-state index in [1.165, 1.54) is 34.2 Å². The second kappa shape index (κ2) is 10.5. The highest BCUT2D eigenvalue weighted by atomic mass is 32.2. The van der Waals surface area contributed by atoms with E-state index >= 15 is 0 Å². The van der Waals surface area contributed by atoms with E-state index in [0.29, 0.717) is 21.6 Å². The fourth-order valence-corrected chi connectivity index (χ4v) is 4.36. The Hall–Kier alpha value is -2.71. The smallest absolute Gasteiger partial charge is 0.257 e. The van der Waals surface area contributed by atoms with Gasteiger partial charge in [0.1, 0.15) is 0 Å². The van der Waals surface area contributed by atoms with Crippen LogP contribution in [-0.4, -0.2) is 34.3 Å². The maximum atomic E-state index is 12.4. The highest BCUT2D eigenvalue weighted by Crippen LogP contribution is 2.26. The highest BCUT2D eigenvalue weighted by Gasteiger charge is 2.15. The maximum absolute atomic E-state index is 12.4. The SMILES string of the molecule is CC(C)(C)c1ccc(C(=O)Nc2nnc(SCC(=O)NCCc3ccccc3)s2)cc1. The third kappa shape index (κ3) is 7.18. The fourth-order valence-electron chi connectivity index (χ4n) is 2.78. The van der Waals surface area contributed by atoms with Crippen LogP contribution in [0, 0.1) is 0 Å². The number of anilines is 1. The van der Waals surface area contributed by atoms with Gasteiger partial charge in [-0.3, -0.25) is 14.9 Å². The maximum Gasteiger partial charge on any atom is 0.257 e. The molecule has 1 aromatic heterocycles. The molecule has 2 amide bonds. The lowest BCUT2D eigenvalue weighted by Crippen LogP contribution is -2.27. The molecule has 0 spiro atoms. The number of thioether (sulfide) groups is 1. The normalized spacial score (nSPS) is 11.2. The van der Waals surface area contributed by atoms with E-state index in [2.05, 4.69) is 41.6 Å². The van der Waals surface area contributed by atoms with E-state index in [1.54, 1.807) is 0 Å². The Morgan fingerprint density at radius 2 is 1.71 bits per heavy atom. The van der Waals surface area contributed by atoms with E-state index in [0.717, 1.165) is 6.42 Å². The standard InChI is InChI=1S/C23H26N4O2S2/c1-23(2,3)18-11-9-17(10-12-18)20(29)25-21-26-27-22(31-21)30-15-19(28)24-14-13-16-7-5-4-6-8-16/h4-12H,13-15H2,1-3H3,(H,24,28)(H,25,26,29). The highest BCUT2D eigenvalue weighted by molar-refractivity contribution is 8.01. The number of hydrogen-bond donors (Lipinski definition) is 2. The van der Waals surface area contributed by atoms with Crippen molar-refractivity contribution in [2.24, 2.45) is 0 Å². The van der Waals surface area contributed by atoms with E-state index in [9.17, 15) is 9.59 Å². The second-order valence-corrected chi connectivity index (χ2v) is 10.2. The van der Waals surface area contributed by atoms with Crippen molar-refractivity contribution in [3.05, 3.63) is 71.3 Å². The van der Waals surface area contributed by atoms with Crippen molar-refractivity contribution in [1.29, 1.82) is 0 Å². The summed E-state index contributed by atoms with van der Waals surface area (Å²) in [6.07, 6.45) is 0.795. The van der Waals surface area contributed by atoms with Crippen LogP contribution in [0.25, 0.3) is 0 Å². The Bertz CT molecular complexity index is 1010. The summed E-state index contributed by atoms with van der Waals surface area (Å²) in [6, 6.07) is 17.6. The molecular weight excluding hydrogens is 428 g/mol. The molecule has 3 aromatic rings. The summed E-state index contributed by atoms with van der Waals surface area (Å²) >= 11 is 2.56. The van der Waals surface area contributed by atoms with Crippen molar-refractivity contribution in [1.82, 2.24) is 15.5 Å². The first-order chi connectivity index (χ1) is 14.8. The Labute approximate surface area is 190 Å². The summed E-state index contributed by atoms with van der Waals surface area (Å²) in [7, 11) is 0. The van der Waals surface area contributed by atoms with Crippen LogP contribution in [0.4, 0.5) is 5.13 Å². The van der Waals surface area contributed by atoms with Crippen LogP contribution in [0.15, 0.2) is 58.9 Å². The van der Waals surface area contributed by atoms with Crippen molar-refractivity contribution >= 4 is 40.0 Å². The van der Waals surface area contributed by atoms with E-state index < -0.39 is 0 Å². The average Bonchev–Trinajstić information content (AvgIpc) is 3.20. The first-order valence-electron chi connectivity index (χ1n) is 10.00. The third-order valence-electron chi connectivity index (χ3n) is 4.55. The number of nitrogens with one attached hydrogen (secondary N) is 2. The van der Waals surface area contributed by atoms with Gasteiger partial charge in [0.2, 0.25) is 11.0 Å². The molecule has 3 rings (SSSR count). The van der Waals surface area contributed by atoms with Crippen LogP contribution in [0.5, 0.6) is 0 Å². The molecule has 0 aliphatic carbocycles. The molecule has 162 valence electrons. The molecule has 0 bridgehead atoms. The molecule has 0 saturated carbocycles. The summed E-state index contributed by atoms with van der Waals surface area (Å²) in [6.45, 7) is 6.99. The predicted octanol–water partition coefficient (Wildman–Crippen LogP) is 4.54. The van der Waals surface area contributed by atoms with Crippen molar-refractivity contribution in [2.45, 2.75) is 36.9 Å². The number of nitrogens with zero attached hydrogens (tertiary/aromatic N) is 2. The van der Waals surface area contributed by atoms with Crippen LogP contribution >= 0.6 is 23.1 Å². The lowest BCUT2D eigenvalue weighted by atomic mass is 9.87. The molecule has 2 N–H and O–H groups in total. The molecule has 0 aliphatic heterocycles. The molecule has 0 aliphatic rings. The fraction of sp³-hybridized carbons (Fsp3) is 0.304. The minimum atomic E-state index is -0.230. The molecule has 0 fully saturated rings. The molecule has 8 heteroatoms.